The molecule has 2 nitrogen and oxygen atoms in total. The van der Waals surface area contributed by atoms with E-state index in [1.54, 1.807) is 0 Å². The maximum atomic E-state index is 6.26. The van der Waals surface area contributed by atoms with Crippen molar-refractivity contribution in [2.75, 3.05) is 13.6 Å². The van der Waals surface area contributed by atoms with Crippen LogP contribution in [-0.2, 0) is 0 Å². The molecule has 0 aromatic carbocycles. The van der Waals surface area contributed by atoms with Crippen LogP contribution in [0.2, 0.25) is 0 Å². The maximum absolute atomic E-state index is 6.26. The summed E-state index contributed by atoms with van der Waals surface area (Å²) >= 11 is 6.26. The van der Waals surface area contributed by atoms with Crippen molar-refractivity contribution in [1.82, 2.24) is 10.6 Å². The fourth-order valence-electron chi connectivity index (χ4n) is 2.70. The van der Waals surface area contributed by atoms with Gasteiger partial charge >= 0.3 is 0 Å². The van der Waals surface area contributed by atoms with Crippen molar-refractivity contribution in [1.29, 1.82) is 0 Å². The second-order valence-corrected chi connectivity index (χ2v) is 6.13. The molecule has 0 amide bonds. The van der Waals surface area contributed by atoms with Crippen LogP contribution in [0.3, 0.4) is 0 Å². The zero-order valence-electron chi connectivity index (χ0n) is 11.6. The largest absolute Gasteiger partial charge is 0.320 e. The molecular formula is C14H29ClN2. The lowest BCUT2D eigenvalue weighted by Gasteiger charge is -2.33. The van der Waals surface area contributed by atoms with Crippen molar-refractivity contribution in [3.8, 4) is 0 Å². The van der Waals surface area contributed by atoms with E-state index < -0.39 is 0 Å². The number of hydrogen-bond acceptors (Lipinski definition) is 2. The third-order valence-electron chi connectivity index (χ3n) is 4.10. The standard InChI is InChI=1S/C14H29ClN2/c1-4-11(2)14(8-9-16-3)17-13-7-5-6-12(15)10-13/h11-14,16-17H,4-10H2,1-3H3/t11?,12?,13?,14-/m1/s1. The fourth-order valence-corrected chi connectivity index (χ4v) is 3.07. The minimum absolute atomic E-state index is 0.392. The summed E-state index contributed by atoms with van der Waals surface area (Å²) in [4.78, 5) is 0. The Kier molecular flexibility index (Phi) is 7.49. The third kappa shape index (κ3) is 5.58. The first-order valence-corrected chi connectivity index (χ1v) is 7.65. The first-order chi connectivity index (χ1) is 8.17. The van der Waals surface area contributed by atoms with Gasteiger partial charge in [0.1, 0.15) is 0 Å². The van der Waals surface area contributed by atoms with Gasteiger partial charge < -0.3 is 10.6 Å². The molecule has 0 saturated heterocycles. The molecule has 0 spiro atoms. The number of nitrogens with one attached hydrogen (secondary N) is 2. The normalized spacial score (nSPS) is 28.9. The van der Waals surface area contributed by atoms with Crippen molar-refractivity contribution >= 4 is 11.6 Å². The van der Waals surface area contributed by atoms with E-state index in [4.69, 9.17) is 11.6 Å². The molecule has 1 fully saturated rings. The lowest BCUT2D eigenvalue weighted by atomic mass is 9.90. The van der Waals surface area contributed by atoms with Crippen molar-refractivity contribution in [2.45, 2.75) is 69.8 Å². The van der Waals surface area contributed by atoms with E-state index in [2.05, 4.69) is 24.5 Å². The highest BCUT2D eigenvalue weighted by Crippen LogP contribution is 2.24. The van der Waals surface area contributed by atoms with E-state index >= 15 is 0 Å². The zero-order chi connectivity index (χ0) is 12.7. The van der Waals surface area contributed by atoms with Crippen LogP contribution in [0.15, 0.2) is 0 Å². The van der Waals surface area contributed by atoms with Crippen LogP contribution in [0.4, 0.5) is 0 Å². The zero-order valence-corrected chi connectivity index (χ0v) is 12.4. The van der Waals surface area contributed by atoms with Crippen LogP contribution in [0.25, 0.3) is 0 Å². The summed E-state index contributed by atoms with van der Waals surface area (Å²) in [6.07, 6.45) is 7.40. The first kappa shape index (κ1) is 15.3. The van der Waals surface area contributed by atoms with Crippen LogP contribution >= 0.6 is 11.6 Å². The SMILES string of the molecule is CCC(C)[C@@H](CCNC)NC1CCCC(Cl)C1. The van der Waals surface area contributed by atoms with E-state index in [9.17, 15) is 0 Å². The molecule has 1 rings (SSSR count). The van der Waals surface area contributed by atoms with Gasteiger partial charge in [-0.1, -0.05) is 26.7 Å². The van der Waals surface area contributed by atoms with Gasteiger partial charge in [-0.2, -0.15) is 0 Å². The molecule has 0 aliphatic heterocycles. The molecule has 0 aromatic heterocycles. The van der Waals surface area contributed by atoms with Crippen molar-refractivity contribution in [3.05, 3.63) is 0 Å². The lowest BCUT2D eigenvalue weighted by Crippen LogP contribution is -2.45. The Morgan fingerprint density at radius 3 is 2.71 bits per heavy atom. The molecule has 0 radical (unpaired) electrons. The molecule has 4 atom stereocenters. The van der Waals surface area contributed by atoms with Crippen LogP contribution in [0.1, 0.15) is 52.4 Å². The molecule has 0 heterocycles. The molecule has 0 bridgehead atoms. The number of halogens is 1. The van der Waals surface area contributed by atoms with Gasteiger partial charge in [-0.3, -0.25) is 0 Å². The average molecular weight is 261 g/mol. The average Bonchev–Trinajstić information content (AvgIpc) is 2.33. The van der Waals surface area contributed by atoms with Crippen LogP contribution < -0.4 is 10.6 Å². The van der Waals surface area contributed by atoms with Crippen molar-refractivity contribution < 1.29 is 0 Å². The molecule has 1 saturated carbocycles. The first-order valence-electron chi connectivity index (χ1n) is 7.22. The second kappa shape index (κ2) is 8.34. The molecule has 102 valence electrons. The van der Waals surface area contributed by atoms with Crippen LogP contribution in [-0.4, -0.2) is 31.1 Å². The second-order valence-electron chi connectivity index (χ2n) is 5.51. The van der Waals surface area contributed by atoms with E-state index in [-0.39, 0.29) is 0 Å². The Balaban J connectivity index is 2.40. The van der Waals surface area contributed by atoms with E-state index in [0.29, 0.717) is 17.5 Å². The molecule has 2 N–H and O–H groups in total. The summed E-state index contributed by atoms with van der Waals surface area (Å²) in [5.41, 5.74) is 0. The molecule has 0 aromatic rings. The highest BCUT2D eigenvalue weighted by atomic mass is 35.5. The summed E-state index contributed by atoms with van der Waals surface area (Å²) in [6.45, 7) is 5.73. The summed E-state index contributed by atoms with van der Waals surface area (Å²) in [7, 11) is 2.03. The van der Waals surface area contributed by atoms with E-state index in [1.165, 1.54) is 32.1 Å². The Labute approximate surface area is 112 Å². The quantitative estimate of drug-likeness (QED) is 0.688. The smallest absolute Gasteiger partial charge is 0.0350 e. The van der Waals surface area contributed by atoms with Gasteiger partial charge in [0.15, 0.2) is 0 Å². The highest BCUT2D eigenvalue weighted by molar-refractivity contribution is 6.20. The maximum Gasteiger partial charge on any atom is 0.0350 e. The van der Waals surface area contributed by atoms with Gasteiger partial charge in [-0.15, -0.1) is 11.6 Å². The lowest BCUT2D eigenvalue weighted by molar-refractivity contribution is 0.274. The number of hydrogen-bond donors (Lipinski definition) is 2. The van der Waals surface area contributed by atoms with E-state index in [0.717, 1.165) is 18.9 Å². The van der Waals surface area contributed by atoms with Gasteiger partial charge in [0.25, 0.3) is 0 Å². The van der Waals surface area contributed by atoms with Gasteiger partial charge in [-0.25, -0.2) is 0 Å². The van der Waals surface area contributed by atoms with Gasteiger partial charge in [-0.05, 0) is 45.2 Å². The number of alkyl halides is 1. The van der Waals surface area contributed by atoms with Crippen LogP contribution in [0, 0.1) is 5.92 Å². The summed E-state index contributed by atoms with van der Waals surface area (Å²) < 4.78 is 0. The molecular weight excluding hydrogens is 232 g/mol. The predicted octanol–water partition coefficient (Wildman–Crippen LogP) is 3.15. The monoisotopic (exact) mass is 260 g/mol. The van der Waals surface area contributed by atoms with Gasteiger partial charge in [0.2, 0.25) is 0 Å². The topological polar surface area (TPSA) is 24.1 Å². The minimum Gasteiger partial charge on any atom is -0.320 e. The summed E-state index contributed by atoms with van der Waals surface area (Å²) in [5, 5.41) is 7.50. The van der Waals surface area contributed by atoms with Crippen LogP contribution in [0.5, 0.6) is 0 Å². The van der Waals surface area contributed by atoms with Gasteiger partial charge in [0, 0.05) is 17.5 Å². The third-order valence-corrected chi connectivity index (χ3v) is 4.49. The van der Waals surface area contributed by atoms with Crippen molar-refractivity contribution in [3.63, 3.8) is 0 Å². The Morgan fingerprint density at radius 2 is 2.12 bits per heavy atom. The van der Waals surface area contributed by atoms with Crippen molar-refractivity contribution in [2.24, 2.45) is 5.92 Å². The summed E-state index contributed by atoms with van der Waals surface area (Å²) in [6, 6.07) is 1.28. The highest BCUT2D eigenvalue weighted by Gasteiger charge is 2.24. The minimum atomic E-state index is 0.392. The summed E-state index contributed by atoms with van der Waals surface area (Å²) in [5.74, 6) is 0.749. The Morgan fingerprint density at radius 1 is 1.35 bits per heavy atom. The molecule has 1 aliphatic carbocycles. The molecule has 3 heteroatoms. The number of rotatable bonds is 7. The van der Waals surface area contributed by atoms with E-state index in [1.807, 2.05) is 7.05 Å². The van der Waals surface area contributed by atoms with Gasteiger partial charge in [0.05, 0.1) is 0 Å². The fraction of sp³-hybridized carbons (Fsp3) is 1.00. The molecule has 17 heavy (non-hydrogen) atoms. The predicted molar refractivity (Wildman–Crippen MR) is 76.8 cm³/mol. The Bertz CT molecular complexity index is 199. The molecule has 1 aliphatic rings. The Hall–Kier alpha value is 0.210. The molecule has 3 unspecified atom stereocenters.